The number of β-amino-alcohol motifs (C(OH)–C–C–N with tert-alkyl or cyclic N) is 1. The lowest BCUT2D eigenvalue weighted by molar-refractivity contribution is -0.140. The SMILES string of the molecule is CC(C)C(O)CN1CCN(CC(N)=O)C(=O)C1. The second-order valence-corrected chi connectivity index (χ2v) is 4.83. The van der Waals surface area contributed by atoms with E-state index in [-0.39, 0.29) is 24.9 Å². The molecule has 1 aliphatic rings. The lowest BCUT2D eigenvalue weighted by Crippen LogP contribution is -2.54. The molecule has 98 valence electrons. The van der Waals surface area contributed by atoms with Crippen LogP contribution in [0.2, 0.25) is 0 Å². The number of carbonyl (C=O) groups excluding carboxylic acids is 2. The van der Waals surface area contributed by atoms with Gasteiger partial charge >= 0.3 is 0 Å². The van der Waals surface area contributed by atoms with Crippen LogP contribution in [0.25, 0.3) is 0 Å². The molecular formula is C11H21N3O3. The minimum atomic E-state index is -0.492. The Hall–Kier alpha value is -1.14. The largest absolute Gasteiger partial charge is 0.392 e. The molecule has 0 radical (unpaired) electrons. The summed E-state index contributed by atoms with van der Waals surface area (Å²) < 4.78 is 0. The Morgan fingerprint density at radius 3 is 2.59 bits per heavy atom. The fourth-order valence-electron chi connectivity index (χ4n) is 1.74. The van der Waals surface area contributed by atoms with Crippen molar-refractivity contribution in [3.05, 3.63) is 0 Å². The van der Waals surface area contributed by atoms with Gasteiger partial charge in [0.15, 0.2) is 0 Å². The van der Waals surface area contributed by atoms with Gasteiger partial charge in [-0.2, -0.15) is 0 Å². The van der Waals surface area contributed by atoms with Crippen LogP contribution in [-0.2, 0) is 9.59 Å². The minimum absolute atomic E-state index is 0.0145. The number of aliphatic hydroxyl groups is 1. The summed E-state index contributed by atoms with van der Waals surface area (Å²) in [4.78, 5) is 25.8. The molecule has 1 atom stereocenters. The maximum Gasteiger partial charge on any atom is 0.237 e. The number of nitrogens with two attached hydrogens (primary N) is 1. The van der Waals surface area contributed by atoms with Crippen molar-refractivity contribution in [2.24, 2.45) is 11.7 Å². The van der Waals surface area contributed by atoms with Gasteiger partial charge in [-0.25, -0.2) is 0 Å². The summed E-state index contributed by atoms with van der Waals surface area (Å²) in [6.07, 6.45) is -0.425. The Morgan fingerprint density at radius 1 is 1.47 bits per heavy atom. The van der Waals surface area contributed by atoms with Crippen molar-refractivity contribution >= 4 is 11.8 Å². The third-order valence-corrected chi connectivity index (χ3v) is 2.96. The second kappa shape index (κ2) is 5.97. The van der Waals surface area contributed by atoms with Crippen molar-refractivity contribution in [3.8, 4) is 0 Å². The number of hydrogen-bond acceptors (Lipinski definition) is 4. The molecule has 6 heteroatoms. The molecule has 1 fully saturated rings. The van der Waals surface area contributed by atoms with Gasteiger partial charge in [0.2, 0.25) is 11.8 Å². The Labute approximate surface area is 101 Å². The predicted molar refractivity (Wildman–Crippen MR) is 63.1 cm³/mol. The van der Waals surface area contributed by atoms with E-state index in [0.29, 0.717) is 19.6 Å². The fraction of sp³-hybridized carbons (Fsp3) is 0.818. The van der Waals surface area contributed by atoms with E-state index >= 15 is 0 Å². The summed E-state index contributed by atoms with van der Waals surface area (Å²) in [5.41, 5.74) is 5.05. The first-order chi connectivity index (χ1) is 7.90. The number of aliphatic hydroxyl groups excluding tert-OH is 1. The van der Waals surface area contributed by atoms with Crippen molar-refractivity contribution in [1.29, 1.82) is 0 Å². The van der Waals surface area contributed by atoms with Crippen LogP contribution < -0.4 is 5.73 Å². The van der Waals surface area contributed by atoms with Gasteiger partial charge in [-0.3, -0.25) is 14.5 Å². The highest BCUT2D eigenvalue weighted by atomic mass is 16.3. The van der Waals surface area contributed by atoms with Crippen LogP contribution >= 0.6 is 0 Å². The monoisotopic (exact) mass is 243 g/mol. The van der Waals surface area contributed by atoms with Gasteiger partial charge in [-0.05, 0) is 5.92 Å². The molecule has 0 bridgehead atoms. The van der Waals surface area contributed by atoms with E-state index in [2.05, 4.69) is 0 Å². The zero-order chi connectivity index (χ0) is 13.0. The molecule has 0 spiro atoms. The molecule has 1 saturated heterocycles. The van der Waals surface area contributed by atoms with Crippen molar-refractivity contribution in [3.63, 3.8) is 0 Å². The number of amides is 2. The number of nitrogens with zero attached hydrogens (tertiary/aromatic N) is 2. The molecule has 0 saturated carbocycles. The summed E-state index contributed by atoms with van der Waals surface area (Å²) in [6.45, 7) is 5.77. The summed E-state index contributed by atoms with van der Waals surface area (Å²) in [6, 6.07) is 0. The Bertz CT molecular complexity index is 294. The molecule has 1 heterocycles. The van der Waals surface area contributed by atoms with Crippen LogP contribution in [0.3, 0.4) is 0 Å². The maximum atomic E-state index is 11.7. The number of primary amides is 1. The van der Waals surface area contributed by atoms with Crippen LogP contribution in [0.15, 0.2) is 0 Å². The number of rotatable bonds is 5. The molecule has 0 aromatic rings. The third kappa shape index (κ3) is 4.32. The van der Waals surface area contributed by atoms with Crippen molar-refractivity contribution in [1.82, 2.24) is 9.80 Å². The quantitative estimate of drug-likeness (QED) is 0.624. The van der Waals surface area contributed by atoms with E-state index in [4.69, 9.17) is 5.73 Å². The lowest BCUT2D eigenvalue weighted by atomic mass is 10.1. The molecule has 1 rings (SSSR count). The highest BCUT2D eigenvalue weighted by molar-refractivity contribution is 5.85. The Morgan fingerprint density at radius 2 is 2.12 bits per heavy atom. The van der Waals surface area contributed by atoms with E-state index in [0.717, 1.165) is 0 Å². The Kier molecular flexibility index (Phi) is 4.89. The normalized spacial score (nSPS) is 19.8. The second-order valence-electron chi connectivity index (χ2n) is 4.83. The van der Waals surface area contributed by atoms with Crippen LogP contribution in [-0.4, -0.2) is 65.5 Å². The highest BCUT2D eigenvalue weighted by Gasteiger charge is 2.26. The molecule has 6 nitrogen and oxygen atoms in total. The number of carbonyl (C=O) groups is 2. The van der Waals surface area contributed by atoms with Crippen LogP contribution in [0.1, 0.15) is 13.8 Å². The maximum absolute atomic E-state index is 11.7. The minimum Gasteiger partial charge on any atom is -0.392 e. The molecule has 1 aliphatic heterocycles. The van der Waals surface area contributed by atoms with Gasteiger partial charge in [-0.15, -0.1) is 0 Å². The van der Waals surface area contributed by atoms with E-state index in [1.807, 2.05) is 18.7 Å². The van der Waals surface area contributed by atoms with Crippen LogP contribution in [0, 0.1) is 5.92 Å². The molecule has 17 heavy (non-hydrogen) atoms. The molecular weight excluding hydrogens is 222 g/mol. The smallest absolute Gasteiger partial charge is 0.237 e. The predicted octanol–water partition coefficient (Wildman–Crippen LogP) is -1.37. The van der Waals surface area contributed by atoms with E-state index in [1.165, 1.54) is 4.90 Å². The van der Waals surface area contributed by atoms with Crippen molar-refractivity contribution < 1.29 is 14.7 Å². The standard InChI is InChI=1S/C11H21N3O3/c1-8(2)9(15)5-13-3-4-14(6-10(12)16)11(17)7-13/h8-9,15H,3-7H2,1-2H3,(H2,12,16). The first-order valence-electron chi connectivity index (χ1n) is 5.86. The number of piperazine rings is 1. The topological polar surface area (TPSA) is 86.9 Å². The zero-order valence-corrected chi connectivity index (χ0v) is 10.4. The molecule has 0 aromatic carbocycles. The molecule has 0 aromatic heterocycles. The molecule has 2 amide bonds. The van der Waals surface area contributed by atoms with Gasteiger partial charge in [-0.1, -0.05) is 13.8 Å². The lowest BCUT2D eigenvalue weighted by Gasteiger charge is -2.35. The van der Waals surface area contributed by atoms with Gasteiger partial charge in [0.05, 0.1) is 19.2 Å². The summed E-state index contributed by atoms with van der Waals surface area (Å²) >= 11 is 0. The average Bonchev–Trinajstić information content (AvgIpc) is 2.21. The fourth-order valence-corrected chi connectivity index (χ4v) is 1.74. The van der Waals surface area contributed by atoms with E-state index < -0.39 is 12.0 Å². The molecule has 0 aliphatic carbocycles. The van der Waals surface area contributed by atoms with Crippen molar-refractivity contribution in [2.75, 3.05) is 32.7 Å². The first kappa shape index (κ1) is 13.9. The van der Waals surface area contributed by atoms with Gasteiger partial charge < -0.3 is 15.7 Å². The summed E-state index contributed by atoms with van der Waals surface area (Å²) in [7, 11) is 0. The Balaban J connectivity index is 2.41. The molecule has 3 N–H and O–H groups in total. The number of hydrogen-bond donors (Lipinski definition) is 2. The highest BCUT2D eigenvalue weighted by Crippen LogP contribution is 2.08. The zero-order valence-electron chi connectivity index (χ0n) is 10.4. The van der Waals surface area contributed by atoms with Crippen LogP contribution in [0.5, 0.6) is 0 Å². The van der Waals surface area contributed by atoms with Gasteiger partial charge in [0.25, 0.3) is 0 Å². The van der Waals surface area contributed by atoms with Crippen molar-refractivity contribution in [2.45, 2.75) is 20.0 Å². The molecule has 1 unspecified atom stereocenters. The third-order valence-electron chi connectivity index (χ3n) is 2.96. The van der Waals surface area contributed by atoms with Gasteiger partial charge in [0.1, 0.15) is 0 Å². The van der Waals surface area contributed by atoms with E-state index in [1.54, 1.807) is 0 Å². The summed E-state index contributed by atoms with van der Waals surface area (Å²) in [5, 5.41) is 9.74. The summed E-state index contributed by atoms with van der Waals surface area (Å²) in [5.74, 6) is -0.422. The van der Waals surface area contributed by atoms with Crippen LogP contribution in [0.4, 0.5) is 0 Å². The average molecular weight is 243 g/mol. The first-order valence-corrected chi connectivity index (χ1v) is 5.86. The van der Waals surface area contributed by atoms with Gasteiger partial charge in [0, 0.05) is 19.6 Å². The van der Waals surface area contributed by atoms with E-state index in [9.17, 15) is 14.7 Å².